The molecule has 3 rings (SSSR count). The molecule has 8 heteroatoms. The van der Waals surface area contributed by atoms with E-state index >= 15 is 0 Å². The van der Waals surface area contributed by atoms with Gasteiger partial charge in [-0.25, -0.2) is 0 Å². The number of rotatable bonds is 3. The molecule has 1 aromatic rings. The van der Waals surface area contributed by atoms with Gasteiger partial charge in [0.15, 0.2) is 0 Å². The van der Waals surface area contributed by atoms with Gasteiger partial charge < -0.3 is 15.0 Å². The van der Waals surface area contributed by atoms with Crippen LogP contribution in [0, 0.1) is 22.0 Å². The van der Waals surface area contributed by atoms with Gasteiger partial charge in [-0.2, -0.15) is 0 Å². The molecular formula is C16H22ClN3O4. The molecule has 2 atom stereocenters. The Morgan fingerprint density at radius 3 is 2.46 bits per heavy atom. The summed E-state index contributed by atoms with van der Waals surface area (Å²) in [5, 5.41) is 14.6. The average molecular weight is 356 g/mol. The Morgan fingerprint density at radius 2 is 1.92 bits per heavy atom. The molecule has 2 aliphatic heterocycles. The summed E-state index contributed by atoms with van der Waals surface area (Å²) in [6.07, 6.45) is 1.89. The number of fused-ring (bicyclic) bond motifs is 1. The van der Waals surface area contributed by atoms with Crippen molar-refractivity contribution in [3.63, 3.8) is 0 Å². The van der Waals surface area contributed by atoms with E-state index in [-0.39, 0.29) is 29.6 Å². The first-order valence-electron chi connectivity index (χ1n) is 7.92. The fourth-order valence-corrected chi connectivity index (χ4v) is 3.56. The van der Waals surface area contributed by atoms with E-state index in [0.717, 1.165) is 25.9 Å². The van der Waals surface area contributed by atoms with Crippen LogP contribution in [-0.2, 0) is 0 Å². The van der Waals surface area contributed by atoms with Gasteiger partial charge in [0.1, 0.15) is 11.3 Å². The minimum absolute atomic E-state index is 0. The van der Waals surface area contributed by atoms with Crippen LogP contribution < -0.4 is 10.1 Å². The quantitative estimate of drug-likeness (QED) is 0.663. The summed E-state index contributed by atoms with van der Waals surface area (Å²) in [6, 6.07) is 4.31. The molecule has 0 radical (unpaired) electrons. The summed E-state index contributed by atoms with van der Waals surface area (Å²) in [4.78, 5) is 25.3. The van der Waals surface area contributed by atoms with Gasteiger partial charge in [0, 0.05) is 19.2 Å². The second-order valence-electron chi connectivity index (χ2n) is 6.19. The molecule has 0 spiro atoms. The van der Waals surface area contributed by atoms with E-state index in [1.165, 1.54) is 25.3 Å². The minimum atomic E-state index is -0.511. The maximum absolute atomic E-state index is 12.8. The molecule has 2 aliphatic rings. The first kappa shape index (κ1) is 18.5. The summed E-state index contributed by atoms with van der Waals surface area (Å²) >= 11 is 0. The van der Waals surface area contributed by atoms with Crippen molar-refractivity contribution in [1.29, 1.82) is 0 Å². The standard InChI is InChI=1S/C16H21N3O4.ClH/c1-23-13-2-3-15(19(21)22)14(8-13)16(20)18-6-4-11-9-17-10-12(11)5-7-18;/h2-3,8,11-12,17H,4-7,9-10H2,1H3;1H/t11-,12+;. The third-order valence-corrected chi connectivity index (χ3v) is 4.94. The van der Waals surface area contributed by atoms with Crippen LogP contribution in [0.25, 0.3) is 0 Å². The predicted octanol–water partition coefficient (Wildman–Crippen LogP) is 2.10. The van der Waals surface area contributed by atoms with E-state index in [1.807, 2.05) is 0 Å². The molecule has 2 heterocycles. The largest absolute Gasteiger partial charge is 0.497 e. The first-order chi connectivity index (χ1) is 11.1. The Hall–Kier alpha value is -1.86. The van der Waals surface area contributed by atoms with E-state index in [1.54, 1.807) is 4.90 Å². The van der Waals surface area contributed by atoms with Crippen molar-refractivity contribution in [3.05, 3.63) is 33.9 Å². The van der Waals surface area contributed by atoms with Gasteiger partial charge in [0.2, 0.25) is 0 Å². The van der Waals surface area contributed by atoms with Gasteiger partial charge in [-0.3, -0.25) is 14.9 Å². The molecule has 0 bridgehead atoms. The molecule has 2 fully saturated rings. The molecule has 2 saturated heterocycles. The maximum Gasteiger partial charge on any atom is 0.282 e. The van der Waals surface area contributed by atoms with Gasteiger partial charge in [-0.1, -0.05) is 0 Å². The number of amides is 1. The fraction of sp³-hybridized carbons (Fsp3) is 0.562. The molecule has 1 N–H and O–H groups in total. The van der Waals surface area contributed by atoms with E-state index in [9.17, 15) is 14.9 Å². The Balaban J connectivity index is 0.00000208. The number of methoxy groups -OCH3 is 1. The van der Waals surface area contributed by atoms with Crippen molar-refractivity contribution in [2.24, 2.45) is 11.8 Å². The highest BCUT2D eigenvalue weighted by Crippen LogP contribution is 2.30. The lowest BCUT2D eigenvalue weighted by Gasteiger charge is -2.21. The van der Waals surface area contributed by atoms with Crippen LogP contribution in [0.2, 0.25) is 0 Å². The van der Waals surface area contributed by atoms with E-state index in [4.69, 9.17) is 4.74 Å². The summed E-state index contributed by atoms with van der Waals surface area (Å²) in [5.74, 6) is 1.39. The summed E-state index contributed by atoms with van der Waals surface area (Å²) < 4.78 is 5.11. The number of hydrogen-bond acceptors (Lipinski definition) is 5. The zero-order valence-corrected chi connectivity index (χ0v) is 14.4. The van der Waals surface area contributed by atoms with Crippen LogP contribution in [0.15, 0.2) is 18.2 Å². The Bertz CT molecular complexity index is 611. The van der Waals surface area contributed by atoms with Crippen LogP contribution >= 0.6 is 12.4 Å². The number of hydrogen-bond donors (Lipinski definition) is 1. The Morgan fingerprint density at radius 1 is 1.29 bits per heavy atom. The molecule has 132 valence electrons. The molecule has 0 unspecified atom stereocenters. The van der Waals surface area contributed by atoms with Gasteiger partial charge in [-0.15, -0.1) is 12.4 Å². The number of carbonyl (C=O) groups is 1. The van der Waals surface area contributed by atoms with Crippen molar-refractivity contribution < 1.29 is 14.5 Å². The van der Waals surface area contributed by atoms with Crippen LogP contribution in [0.1, 0.15) is 23.2 Å². The van der Waals surface area contributed by atoms with E-state index in [0.29, 0.717) is 30.7 Å². The molecule has 1 amide bonds. The SMILES string of the molecule is COc1ccc([N+](=O)[O-])c(C(=O)N2CC[C@@H]3CNC[C@@H]3CC2)c1.Cl. The number of benzene rings is 1. The topological polar surface area (TPSA) is 84.7 Å². The zero-order chi connectivity index (χ0) is 16.4. The number of nitro groups is 1. The second-order valence-corrected chi connectivity index (χ2v) is 6.19. The van der Waals surface area contributed by atoms with Crippen molar-refractivity contribution in [3.8, 4) is 5.75 Å². The number of ether oxygens (including phenoxy) is 1. The number of nitro benzene ring substituents is 1. The van der Waals surface area contributed by atoms with Crippen molar-refractivity contribution in [1.82, 2.24) is 10.2 Å². The number of nitrogens with one attached hydrogen (secondary N) is 1. The van der Waals surface area contributed by atoms with Gasteiger partial charge in [0.25, 0.3) is 11.6 Å². The Labute approximate surface area is 146 Å². The smallest absolute Gasteiger partial charge is 0.282 e. The third-order valence-electron chi connectivity index (χ3n) is 4.94. The molecule has 7 nitrogen and oxygen atoms in total. The lowest BCUT2D eigenvalue weighted by molar-refractivity contribution is -0.385. The maximum atomic E-state index is 12.8. The lowest BCUT2D eigenvalue weighted by Crippen LogP contribution is -2.33. The van der Waals surface area contributed by atoms with Crippen molar-refractivity contribution in [2.45, 2.75) is 12.8 Å². The monoisotopic (exact) mass is 355 g/mol. The molecule has 1 aromatic carbocycles. The molecule has 24 heavy (non-hydrogen) atoms. The Kier molecular flexibility index (Phi) is 6.01. The fourth-order valence-electron chi connectivity index (χ4n) is 3.56. The first-order valence-corrected chi connectivity index (χ1v) is 7.92. The molecule has 0 aliphatic carbocycles. The van der Waals surface area contributed by atoms with Crippen molar-refractivity contribution in [2.75, 3.05) is 33.3 Å². The predicted molar refractivity (Wildman–Crippen MR) is 91.9 cm³/mol. The molecular weight excluding hydrogens is 334 g/mol. The number of likely N-dealkylation sites (tertiary alicyclic amines) is 1. The lowest BCUT2D eigenvalue weighted by atomic mass is 9.92. The van der Waals surface area contributed by atoms with Crippen LogP contribution in [0.4, 0.5) is 5.69 Å². The number of halogens is 1. The molecule has 0 aromatic heterocycles. The van der Waals surface area contributed by atoms with Crippen LogP contribution in [-0.4, -0.2) is 49.0 Å². The second kappa shape index (κ2) is 7.81. The van der Waals surface area contributed by atoms with Crippen LogP contribution in [0.5, 0.6) is 5.75 Å². The average Bonchev–Trinajstić information content (AvgIpc) is 2.92. The summed E-state index contributed by atoms with van der Waals surface area (Å²) in [7, 11) is 1.48. The van der Waals surface area contributed by atoms with Gasteiger partial charge in [-0.05, 0) is 49.9 Å². The van der Waals surface area contributed by atoms with Crippen LogP contribution in [0.3, 0.4) is 0 Å². The third kappa shape index (κ3) is 3.62. The van der Waals surface area contributed by atoms with Gasteiger partial charge >= 0.3 is 0 Å². The summed E-state index contributed by atoms with van der Waals surface area (Å²) in [6.45, 7) is 3.31. The van der Waals surface area contributed by atoms with E-state index < -0.39 is 4.92 Å². The van der Waals surface area contributed by atoms with E-state index in [2.05, 4.69) is 5.32 Å². The summed E-state index contributed by atoms with van der Waals surface area (Å²) in [5.41, 5.74) is -0.0542. The zero-order valence-electron chi connectivity index (χ0n) is 13.6. The van der Waals surface area contributed by atoms with Crippen molar-refractivity contribution >= 4 is 24.0 Å². The minimum Gasteiger partial charge on any atom is -0.497 e. The molecule has 0 saturated carbocycles. The highest BCUT2D eigenvalue weighted by molar-refractivity contribution is 5.98. The van der Waals surface area contributed by atoms with Gasteiger partial charge in [0.05, 0.1) is 12.0 Å². The highest BCUT2D eigenvalue weighted by Gasteiger charge is 2.33. The number of nitrogens with zero attached hydrogens (tertiary/aromatic N) is 2. The normalized spacial score (nSPS) is 23.0. The number of carbonyl (C=O) groups excluding carboxylic acids is 1. The highest BCUT2D eigenvalue weighted by atomic mass is 35.5.